The number of thiocarbonyl (C=S) groups is 1. The molecule has 2 aromatic carbocycles. The number of carbonyl (C=O) groups is 1. The van der Waals surface area contributed by atoms with Crippen LogP contribution < -0.4 is 25.9 Å². The van der Waals surface area contributed by atoms with Gasteiger partial charge in [0.05, 0.1) is 17.8 Å². The molecule has 142 valence electrons. The molecule has 0 spiro atoms. The van der Waals surface area contributed by atoms with E-state index >= 15 is 0 Å². The van der Waals surface area contributed by atoms with Gasteiger partial charge < -0.3 is 20.5 Å². The molecule has 27 heavy (non-hydrogen) atoms. The highest BCUT2D eigenvalue weighted by Crippen LogP contribution is 2.36. The predicted octanol–water partition coefficient (Wildman–Crippen LogP) is 2.95. The van der Waals surface area contributed by atoms with Gasteiger partial charge in [0.15, 0.2) is 23.2 Å². The fourth-order valence-corrected chi connectivity index (χ4v) is 2.72. The highest BCUT2D eigenvalue weighted by molar-refractivity contribution is 9.10. The van der Waals surface area contributed by atoms with Crippen LogP contribution in [-0.2, 0) is 4.79 Å². The zero-order chi connectivity index (χ0) is 19.8. The minimum Gasteiger partial charge on any atom is -0.493 e. The summed E-state index contributed by atoms with van der Waals surface area (Å²) < 4.78 is 11.6. The number of benzene rings is 2. The van der Waals surface area contributed by atoms with Gasteiger partial charge in [0.25, 0.3) is 5.91 Å². The summed E-state index contributed by atoms with van der Waals surface area (Å²) in [7, 11) is 1.51. The minimum atomic E-state index is -0.279. The number of nitrogens with one attached hydrogen (secondary N) is 2. The van der Waals surface area contributed by atoms with Crippen molar-refractivity contribution in [2.24, 2.45) is 10.8 Å². The lowest BCUT2D eigenvalue weighted by atomic mass is 10.2. The van der Waals surface area contributed by atoms with Gasteiger partial charge in [-0.25, -0.2) is 0 Å². The number of rotatable bonds is 7. The topological polar surface area (TPSA) is 98.0 Å². The Morgan fingerprint density at radius 2 is 2.04 bits per heavy atom. The average molecular weight is 451 g/mol. The lowest BCUT2D eigenvalue weighted by molar-refractivity contribution is -0.118. The first kappa shape index (κ1) is 20.7. The SMILES string of the molecule is COc1cc(C=NNC(N)=S)cc(Br)c1OCC(=O)Nc1ccc(C)cc1. The van der Waals surface area contributed by atoms with Gasteiger partial charge in [0.1, 0.15) is 0 Å². The molecular formula is C18H19BrN4O3S. The molecule has 0 atom stereocenters. The smallest absolute Gasteiger partial charge is 0.262 e. The summed E-state index contributed by atoms with van der Waals surface area (Å²) in [6.45, 7) is 1.81. The summed E-state index contributed by atoms with van der Waals surface area (Å²) in [5.41, 5.74) is 10.3. The van der Waals surface area contributed by atoms with Crippen molar-refractivity contribution in [2.45, 2.75) is 6.92 Å². The number of ether oxygens (including phenoxy) is 2. The zero-order valence-electron chi connectivity index (χ0n) is 14.8. The van der Waals surface area contributed by atoms with Crippen LogP contribution in [0.15, 0.2) is 46.0 Å². The number of methoxy groups -OCH3 is 1. The quantitative estimate of drug-likeness (QED) is 0.340. The van der Waals surface area contributed by atoms with Crippen LogP contribution in [-0.4, -0.2) is 31.0 Å². The van der Waals surface area contributed by atoms with E-state index in [0.717, 1.165) is 11.1 Å². The molecule has 0 heterocycles. The first-order chi connectivity index (χ1) is 12.9. The van der Waals surface area contributed by atoms with Crippen LogP contribution in [0.4, 0.5) is 5.69 Å². The van der Waals surface area contributed by atoms with Crippen LogP contribution >= 0.6 is 28.1 Å². The number of nitrogens with two attached hydrogens (primary N) is 1. The van der Waals surface area contributed by atoms with Gasteiger partial charge >= 0.3 is 0 Å². The summed E-state index contributed by atoms with van der Waals surface area (Å²) in [5.74, 6) is 0.583. The van der Waals surface area contributed by atoms with E-state index in [1.807, 2.05) is 31.2 Å². The molecule has 2 aromatic rings. The van der Waals surface area contributed by atoms with Crippen molar-refractivity contribution in [1.82, 2.24) is 5.43 Å². The standard InChI is InChI=1S/C18H19BrN4O3S/c1-11-3-5-13(6-4-11)22-16(24)10-26-17-14(19)7-12(8-15(17)25-2)9-21-23-18(20)27/h3-9H,10H2,1-2H3,(H,22,24)(H3,20,23,27). The number of aryl methyl sites for hydroxylation is 1. The largest absolute Gasteiger partial charge is 0.493 e. The van der Waals surface area contributed by atoms with E-state index in [2.05, 4.69) is 44.0 Å². The third-order valence-corrected chi connectivity index (χ3v) is 4.00. The van der Waals surface area contributed by atoms with E-state index in [4.69, 9.17) is 15.2 Å². The van der Waals surface area contributed by atoms with E-state index in [-0.39, 0.29) is 17.6 Å². The highest BCUT2D eigenvalue weighted by atomic mass is 79.9. The molecule has 0 aliphatic carbocycles. The van der Waals surface area contributed by atoms with Gasteiger partial charge in [-0.3, -0.25) is 10.2 Å². The first-order valence-electron chi connectivity index (χ1n) is 7.84. The Bertz CT molecular complexity index is 856. The van der Waals surface area contributed by atoms with Gasteiger partial charge in [-0.2, -0.15) is 5.10 Å². The Morgan fingerprint density at radius 1 is 1.33 bits per heavy atom. The van der Waals surface area contributed by atoms with E-state index in [9.17, 15) is 4.79 Å². The van der Waals surface area contributed by atoms with Crippen molar-refractivity contribution in [2.75, 3.05) is 19.0 Å². The van der Waals surface area contributed by atoms with E-state index < -0.39 is 0 Å². The third kappa shape index (κ3) is 6.54. The summed E-state index contributed by atoms with van der Waals surface area (Å²) >= 11 is 8.09. The van der Waals surface area contributed by atoms with Crippen molar-refractivity contribution in [3.8, 4) is 11.5 Å². The van der Waals surface area contributed by atoms with Crippen molar-refractivity contribution in [3.05, 3.63) is 52.0 Å². The monoisotopic (exact) mass is 450 g/mol. The molecule has 7 nitrogen and oxygen atoms in total. The van der Waals surface area contributed by atoms with Crippen LogP contribution in [0.5, 0.6) is 11.5 Å². The Hall–Kier alpha value is -2.65. The lowest BCUT2D eigenvalue weighted by Crippen LogP contribution is -2.24. The second kappa shape index (κ2) is 9.89. The Kier molecular flexibility index (Phi) is 7.56. The van der Waals surface area contributed by atoms with Crippen LogP contribution in [0.2, 0.25) is 0 Å². The molecule has 2 rings (SSSR count). The third-order valence-electron chi connectivity index (χ3n) is 3.32. The van der Waals surface area contributed by atoms with Crippen molar-refractivity contribution >= 4 is 51.1 Å². The molecule has 0 saturated heterocycles. The number of carbonyl (C=O) groups excluding carboxylic acids is 1. The zero-order valence-corrected chi connectivity index (χ0v) is 17.2. The fraction of sp³-hybridized carbons (Fsp3) is 0.167. The molecule has 1 amide bonds. The molecule has 0 aliphatic rings. The molecule has 0 unspecified atom stereocenters. The number of anilines is 1. The lowest BCUT2D eigenvalue weighted by Gasteiger charge is -2.13. The molecule has 0 saturated carbocycles. The maximum atomic E-state index is 12.1. The summed E-state index contributed by atoms with van der Waals surface area (Å²) in [5, 5.41) is 6.73. The van der Waals surface area contributed by atoms with Crippen LogP contribution in [0.1, 0.15) is 11.1 Å². The van der Waals surface area contributed by atoms with Crippen LogP contribution in [0.3, 0.4) is 0 Å². The van der Waals surface area contributed by atoms with Gasteiger partial charge in [-0.05, 0) is 64.9 Å². The average Bonchev–Trinajstić information content (AvgIpc) is 2.62. The second-order valence-corrected chi connectivity index (χ2v) is 6.77. The Morgan fingerprint density at radius 3 is 2.67 bits per heavy atom. The van der Waals surface area contributed by atoms with Gasteiger partial charge in [-0.15, -0.1) is 0 Å². The Labute approximate surface area is 171 Å². The molecule has 0 aliphatic heterocycles. The van der Waals surface area contributed by atoms with Gasteiger partial charge in [0.2, 0.25) is 0 Å². The first-order valence-corrected chi connectivity index (χ1v) is 9.04. The molecule has 9 heteroatoms. The maximum Gasteiger partial charge on any atom is 0.262 e. The maximum absolute atomic E-state index is 12.1. The summed E-state index contributed by atoms with van der Waals surface area (Å²) in [6, 6.07) is 11.0. The number of amides is 1. The molecule has 0 radical (unpaired) electrons. The predicted molar refractivity (Wildman–Crippen MR) is 114 cm³/mol. The number of halogens is 1. The molecular weight excluding hydrogens is 432 g/mol. The van der Waals surface area contributed by atoms with Crippen molar-refractivity contribution in [3.63, 3.8) is 0 Å². The van der Waals surface area contributed by atoms with Crippen LogP contribution in [0, 0.1) is 6.92 Å². The van der Waals surface area contributed by atoms with Crippen molar-refractivity contribution in [1.29, 1.82) is 0 Å². The van der Waals surface area contributed by atoms with Gasteiger partial charge in [0, 0.05) is 5.69 Å². The van der Waals surface area contributed by atoms with E-state index in [1.54, 1.807) is 12.1 Å². The van der Waals surface area contributed by atoms with E-state index in [0.29, 0.717) is 21.7 Å². The van der Waals surface area contributed by atoms with E-state index in [1.165, 1.54) is 13.3 Å². The van der Waals surface area contributed by atoms with Crippen LogP contribution in [0.25, 0.3) is 0 Å². The fourth-order valence-electron chi connectivity index (χ4n) is 2.10. The molecule has 0 bridgehead atoms. The number of hydrazone groups is 1. The minimum absolute atomic E-state index is 0.0665. The van der Waals surface area contributed by atoms with Gasteiger partial charge in [-0.1, -0.05) is 17.7 Å². The number of hydrogen-bond donors (Lipinski definition) is 3. The Balaban J connectivity index is 2.04. The normalized spacial score (nSPS) is 10.5. The molecule has 0 fully saturated rings. The summed E-state index contributed by atoms with van der Waals surface area (Å²) in [4.78, 5) is 12.1. The summed E-state index contributed by atoms with van der Waals surface area (Å²) in [6.07, 6.45) is 1.53. The molecule has 0 aromatic heterocycles. The van der Waals surface area contributed by atoms with Crippen molar-refractivity contribution < 1.29 is 14.3 Å². The highest BCUT2D eigenvalue weighted by Gasteiger charge is 2.13. The molecule has 4 N–H and O–H groups in total. The number of hydrogen-bond acceptors (Lipinski definition) is 5. The second-order valence-electron chi connectivity index (χ2n) is 5.47. The number of nitrogens with zero attached hydrogens (tertiary/aromatic N) is 1.